The first kappa shape index (κ1) is 17.1. The zero-order valence-electron chi connectivity index (χ0n) is 15.3. The van der Waals surface area contributed by atoms with Gasteiger partial charge in [-0.15, -0.1) is 10.2 Å². The predicted octanol–water partition coefficient (Wildman–Crippen LogP) is 4.25. The van der Waals surface area contributed by atoms with Gasteiger partial charge in [-0.05, 0) is 37.5 Å². The van der Waals surface area contributed by atoms with Gasteiger partial charge >= 0.3 is 0 Å². The molecule has 1 unspecified atom stereocenters. The van der Waals surface area contributed by atoms with Crippen molar-refractivity contribution < 1.29 is 4.52 Å². The second-order valence-electron chi connectivity index (χ2n) is 6.84. The Labute approximate surface area is 166 Å². The largest absolute Gasteiger partial charge is 0.343 e. The number of aromatic nitrogens is 6. The van der Waals surface area contributed by atoms with Crippen molar-refractivity contribution in [3.05, 3.63) is 72.1 Å². The first-order valence-electron chi connectivity index (χ1n) is 9.14. The van der Waals surface area contributed by atoms with Crippen LogP contribution in [0.5, 0.6) is 0 Å². The highest BCUT2D eigenvalue weighted by atomic mass is 32.2. The number of aryl methyl sites for hydroxylation is 1. The first-order chi connectivity index (χ1) is 13.8. The molecular formula is C20H18N6OS. The lowest BCUT2D eigenvalue weighted by molar-refractivity contribution is 0.411. The Hall–Kier alpha value is -3.00. The fourth-order valence-corrected chi connectivity index (χ4v) is 4.36. The Morgan fingerprint density at radius 1 is 1.14 bits per heavy atom. The number of rotatable bonds is 6. The standard InChI is InChI=1S/C20H18N6OS/c1-13-3-2-4-15(11-13)17(18-22-12-27-25-18)28-20-24-23-19(26(20)16-5-6-16)14-7-9-21-10-8-14/h2-4,7-12,16-17H,5-6H2,1H3. The van der Waals surface area contributed by atoms with E-state index in [4.69, 9.17) is 4.52 Å². The Morgan fingerprint density at radius 3 is 2.71 bits per heavy atom. The monoisotopic (exact) mass is 390 g/mol. The molecule has 0 spiro atoms. The van der Waals surface area contributed by atoms with Gasteiger partial charge < -0.3 is 4.52 Å². The minimum absolute atomic E-state index is 0.120. The van der Waals surface area contributed by atoms with Crippen LogP contribution in [0.4, 0.5) is 0 Å². The number of benzene rings is 1. The highest BCUT2D eigenvalue weighted by Gasteiger charge is 2.32. The summed E-state index contributed by atoms with van der Waals surface area (Å²) in [5, 5.41) is 13.9. The SMILES string of the molecule is Cc1cccc(C(Sc2nnc(-c3ccncc3)n2C2CC2)c2ncon2)c1. The molecule has 3 aromatic heterocycles. The third kappa shape index (κ3) is 3.31. The summed E-state index contributed by atoms with van der Waals surface area (Å²) in [7, 11) is 0. The van der Waals surface area contributed by atoms with E-state index in [-0.39, 0.29) is 5.25 Å². The van der Waals surface area contributed by atoms with Crippen molar-refractivity contribution in [1.29, 1.82) is 0 Å². The molecule has 0 aliphatic heterocycles. The van der Waals surface area contributed by atoms with E-state index in [2.05, 4.69) is 55.0 Å². The van der Waals surface area contributed by atoms with E-state index >= 15 is 0 Å². The minimum Gasteiger partial charge on any atom is -0.343 e. The van der Waals surface area contributed by atoms with Gasteiger partial charge in [0.15, 0.2) is 16.8 Å². The summed E-state index contributed by atoms with van der Waals surface area (Å²) in [6.07, 6.45) is 7.21. The summed E-state index contributed by atoms with van der Waals surface area (Å²) < 4.78 is 7.26. The Morgan fingerprint density at radius 2 is 2.00 bits per heavy atom. The number of pyridine rings is 1. The maximum atomic E-state index is 5.03. The molecule has 1 aromatic carbocycles. The molecule has 0 N–H and O–H groups in total. The minimum atomic E-state index is -0.120. The second kappa shape index (κ2) is 7.20. The summed E-state index contributed by atoms with van der Waals surface area (Å²) in [4.78, 5) is 8.42. The summed E-state index contributed by atoms with van der Waals surface area (Å²) in [6.45, 7) is 2.08. The van der Waals surface area contributed by atoms with Crippen LogP contribution in [0.3, 0.4) is 0 Å². The maximum absolute atomic E-state index is 5.03. The maximum Gasteiger partial charge on any atom is 0.213 e. The second-order valence-corrected chi connectivity index (χ2v) is 7.92. The summed E-state index contributed by atoms with van der Waals surface area (Å²) in [6, 6.07) is 12.7. The number of hydrogen-bond donors (Lipinski definition) is 0. The van der Waals surface area contributed by atoms with E-state index in [1.165, 1.54) is 12.0 Å². The topological polar surface area (TPSA) is 82.5 Å². The van der Waals surface area contributed by atoms with E-state index in [1.807, 2.05) is 18.2 Å². The van der Waals surface area contributed by atoms with E-state index in [0.29, 0.717) is 11.9 Å². The van der Waals surface area contributed by atoms with Crippen LogP contribution in [0.15, 0.2) is 64.9 Å². The molecule has 5 rings (SSSR count). The van der Waals surface area contributed by atoms with Crippen molar-refractivity contribution in [3.8, 4) is 11.4 Å². The van der Waals surface area contributed by atoms with Crippen LogP contribution >= 0.6 is 11.8 Å². The van der Waals surface area contributed by atoms with Gasteiger partial charge in [0.2, 0.25) is 6.39 Å². The van der Waals surface area contributed by atoms with Gasteiger partial charge in [0.05, 0.1) is 0 Å². The Bertz CT molecular complexity index is 1080. The van der Waals surface area contributed by atoms with Gasteiger partial charge in [-0.2, -0.15) is 4.98 Å². The van der Waals surface area contributed by atoms with E-state index in [0.717, 1.165) is 34.9 Å². The summed E-state index contributed by atoms with van der Waals surface area (Å²) >= 11 is 1.61. The molecule has 7 nitrogen and oxygen atoms in total. The zero-order valence-corrected chi connectivity index (χ0v) is 16.1. The molecule has 1 saturated carbocycles. The molecule has 8 heteroatoms. The third-order valence-corrected chi connectivity index (χ3v) is 5.90. The van der Waals surface area contributed by atoms with Crippen molar-refractivity contribution in [1.82, 2.24) is 29.9 Å². The van der Waals surface area contributed by atoms with Crippen molar-refractivity contribution in [2.75, 3.05) is 0 Å². The fourth-order valence-electron chi connectivity index (χ4n) is 3.22. The van der Waals surface area contributed by atoms with Crippen LogP contribution < -0.4 is 0 Å². The zero-order chi connectivity index (χ0) is 18.9. The molecule has 1 aliphatic carbocycles. The molecule has 28 heavy (non-hydrogen) atoms. The molecule has 4 aromatic rings. The molecule has 1 atom stereocenters. The molecular weight excluding hydrogens is 372 g/mol. The average molecular weight is 390 g/mol. The highest BCUT2D eigenvalue weighted by molar-refractivity contribution is 7.99. The van der Waals surface area contributed by atoms with Gasteiger partial charge in [0.1, 0.15) is 5.25 Å². The molecule has 3 heterocycles. The van der Waals surface area contributed by atoms with E-state index in [1.54, 1.807) is 24.2 Å². The molecule has 140 valence electrons. The lowest BCUT2D eigenvalue weighted by Gasteiger charge is -2.15. The van der Waals surface area contributed by atoms with Gasteiger partial charge in [0, 0.05) is 24.0 Å². The molecule has 0 saturated heterocycles. The van der Waals surface area contributed by atoms with Crippen molar-refractivity contribution in [3.63, 3.8) is 0 Å². The number of thioether (sulfide) groups is 1. The summed E-state index contributed by atoms with van der Waals surface area (Å²) in [5.74, 6) is 1.51. The molecule has 1 fully saturated rings. The van der Waals surface area contributed by atoms with Gasteiger partial charge in [-0.3, -0.25) is 9.55 Å². The fraction of sp³-hybridized carbons (Fsp3) is 0.250. The van der Waals surface area contributed by atoms with Crippen molar-refractivity contribution >= 4 is 11.8 Å². The van der Waals surface area contributed by atoms with Crippen molar-refractivity contribution in [2.24, 2.45) is 0 Å². The average Bonchev–Trinajstić information content (AvgIpc) is 3.25. The number of hydrogen-bond acceptors (Lipinski definition) is 7. The van der Waals surface area contributed by atoms with Crippen molar-refractivity contribution in [2.45, 2.75) is 36.2 Å². The van der Waals surface area contributed by atoms with Gasteiger partial charge in [-0.25, -0.2) is 0 Å². The number of nitrogens with zero attached hydrogens (tertiary/aromatic N) is 6. The van der Waals surface area contributed by atoms with Gasteiger partial charge in [0.25, 0.3) is 0 Å². The van der Waals surface area contributed by atoms with Crippen LogP contribution in [0, 0.1) is 6.92 Å². The summed E-state index contributed by atoms with van der Waals surface area (Å²) in [5.41, 5.74) is 3.32. The molecule has 0 radical (unpaired) electrons. The van der Waals surface area contributed by atoms with Crippen LogP contribution in [-0.2, 0) is 0 Å². The molecule has 1 aliphatic rings. The lowest BCUT2D eigenvalue weighted by Crippen LogP contribution is -2.04. The molecule has 0 bridgehead atoms. The first-order valence-corrected chi connectivity index (χ1v) is 10.0. The van der Waals surface area contributed by atoms with E-state index < -0.39 is 0 Å². The van der Waals surface area contributed by atoms with Crippen LogP contribution in [-0.4, -0.2) is 29.9 Å². The van der Waals surface area contributed by atoms with Crippen LogP contribution in [0.2, 0.25) is 0 Å². The van der Waals surface area contributed by atoms with Crippen LogP contribution in [0.25, 0.3) is 11.4 Å². The quantitative estimate of drug-likeness (QED) is 0.455. The highest BCUT2D eigenvalue weighted by Crippen LogP contribution is 2.45. The Kier molecular flexibility index (Phi) is 4.40. The van der Waals surface area contributed by atoms with Crippen LogP contribution in [0.1, 0.15) is 41.1 Å². The lowest BCUT2D eigenvalue weighted by atomic mass is 10.1. The molecule has 0 amide bonds. The Balaban J connectivity index is 1.56. The normalized spacial score (nSPS) is 14.9. The third-order valence-electron chi connectivity index (χ3n) is 4.70. The van der Waals surface area contributed by atoms with Gasteiger partial charge in [-0.1, -0.05) is 46.7 Å². The van der Waals surface area contributed by atoms with E-state index in [9.17, 15) is 0 Å². The smallest absolute Gasteiger partial charge is 0.213 e. The predicted molar refractivity (Wildman–Crippen MR) is 105 cm³/mol.